The van der Waals surface area contributed by atoms with Gasteiger partial charge in [-0.2, -0.15) is 12.6 Å². The van der Waals surface area contributed by atoms with E-state index in [1.165, 1.54) is 38.5 Å². The summed E-state index contributed by atoms with van der Waals surface area (Å²) in [7, 11) is 0. The van der Waals surface area contributed by atoms with Crippen molar-refractivity contribution in [2.24, 2.45) is 11.8 Å². The fourth-order valence-electron chi connectivity index (χ4n) is 1.69. The molecule has 0 saturated heterocycles. The lowest BCUT2D eigenvalue weighted by Crippen LogP contribution is -2.01. The van der Waals surface area contributed by atoms with Gasteiger partial charge in [0, 0.05) is 0 Å². The summed E-state index contributed by atoms with van der Waals surface area (Å²) in [5, 5.41) is 0. The molecule has 80 valence electrons. The maximum absolute atomic E-state index is 4.29. The highest BCUT2D eigenvalue weighted by molar-refractivity contribution is 7.80. The molecule has 0 rings (SSSR count). The molecule has 0 aliphatic heterocycles. The average Bonchev–Trinajstić information content (AvgIpc) is 2.16. The summed E-state index contributed by atoms with van der Waals surface area (Å²) in [6, 6.07) is 0. The molecule has 0 N–H and O–H groups in total. The largest absolute Gasteiger partial charge is 0.179 e. The second-order valence-electron chi connectivity index (χ2n) is 4.23. The maximum atomic E-state index is 4.29. The van der Waals surface area contributed by atoms with Gasteiger partial charge in [0.15, 0.2) is 0 Å². The quantitative estimate of drug-likeness (QED) is 0.549. The van der Waals surface area contributed by atoms with Gasteiger partial charge < -0.3 is 0 Å². The molecule has 0 aromatic carbocycles. The van der Waals surface area contributed by atoms with E-state index in [1.54, 1.807) is 0 Å². The van der Waals surface area contributed by atoms with E-state index in [-0.39, 0.29) is 0 Å². The van der Waals surface area contributed by atoms with E-state index in [0.717, 1.165) is 17.6 Å². The topological polar surface area (TPSA) is 0 Å². The third kappa shape index (κ3) is 7.42. The van der Waals surface area contributed by atoms with Crippen molar-refractivity contribution < 1.29 is 0 Å². The first-order valence-corrected chi connectivity index (χ1v) is 6.48. The van der Waals surface area contributed by atoms with Crippen molar-refractivity contribution in [2.45, 2.75) is 59.3 Å². The molecule has 0 aromatic rings. The Kier molecular flexibility index (Phi) is 9.17. The van der Waals surface area contributed by atoms with Crippen LogP contribution < -0.4 is 0 Å². The van der Waals surface area contributed by atoms with E-state index in [9.17, 15) is 0 Å². The molecule has 0 aliphatic rings. The Morgan fingerprint density at radius 2 is 1.69 bits per heavy atom. The summed E-state index contributed by atoms with van der Waals surface area (Å²) in [5.41, 5.74) is 0. The highest BCUT2D eigenvalue weighted by atomic mass is 32.1. The van der Waals surface area contributed by atoms with Gasteiger partial charge in [0.1, 0.15) is 0 Å². The van der Waals surface area contributed by atoms with E-state index in [0.29, 0.717) is 0 Å². The molecule has 0 heterocycles. The smallest absolute Gasteiger partial charge is 0.00953 e. The lowest BCUT2D eigenvalue weighted by atomic mass is 9.93. The lowest BCUT2D eigenvalue weighted by Gasteiger charge is -2.14. The zero-order valence-corrected chi connectivity index (χ0v) is 10.4. The summed E-state index contributed by atoms with van der Waals surface area (Å²) in [6.07, 6.45) is 8.23. The maximum Gasteiger partial charge on any atom is -0.00953 e. The number of hydrogen-bond donors (Lipinski definition) is 1. The Hall–Kier alpha value is 0.350. The van der Waals surface area contributed by atoms with E-state index in [2.05, 4.69) is 33.4 Å². The van der Waals surface area contributed by atoms with Crippen LogP contribution in [0.5, 0.6) is 0 Å². The molecule has 0 fully saturated rings. The summed E-state index contributed by atoms with van der Waals surface area (Å²) >= 11 is 4.29. The van der Waals surface area contributed by atoms with Gasteiger partial charge >= 0.3 is 0 Å². The lowest BCUT2D eigenvalue weighted by molar-refractivity contribution is 0.401. The minimum atomic E-state index is 0.925. The molecule has 0 saturated carbocycles. The van der Waals surface area contributed by atoms with Gasteiger partial charge in [-0.3, -0.25) is 0 Å². The highest BCUT2D eigenvalue weighted by Gasteiger charge is 2.06. The van der Waals surface area contributed by atoms with Gasteiger partial charge in [0.2, 0.25) is 0 Å². The Balaban J connectivity index is 3.37. The molecule has 0 aliphatic carbocycles. The molecule has 1 heteroatoms. The predicted molar refractivity (Wildman–Crippen MR) is 65.6 cm³/mol. The first kappa shape index (κ1) is 13.4. The standard InChI is InChI=1S/C12H26S/c1-4-11(3)7-6-8-12(5-2)9-10-13/h11-13H,4-10H2,1-3H3. The number of thiol groups is 1. The SMILES string of the molecule is CCC(C)CCCC(CC)CCS. The van der Waals surface area contributed by atoms with Gasteiger partial charge in [-0.25, -0.2) is 0 Å². The van der Waals surface area contributed by atoms with E-state index < -0.39 is 0 Å². The van der Waals surface area contributed by atoms with Gasteiger partial charge in [-0.15, -0.1) is 0 Å². The van der Waals surface area contributed by atoms with Crippen LogP contribution in [0.1, 0.15) is 59.3 Å². The van der Waals surface area contributed by atoms with Crippen LogP contribution in [0, 0.1) is 11.8 Å². The molecule has 0 nitrogen and oxygen atoms in total. The Bertz CT molecular complexity index is 101. The first-order chi connectivity index (χ1) is 6.24. The Morgan fingerprint density at radius 1 is 1.00 bits per heavy atom. The van der Waals surface area contributed by atoms with Crippen molar-refractivity contribution in [1.82, 2.24) is 0 Å². The van der Waals surface area contributed by atoms with Gasteiger partial charge in [-0.1, -0.05) is 52.9 Å². The number of rotatable bonds is 8. The van der Waals surface area contributed by atoms with Crippen molar-refractivity contribution in [3.05, 3.63) is 0 Å². The van der Waals surface area contributed by atoms with Crippen LogP contribution in [0.2, 0.25) is 0 Å². The van der Waals surface area contributed by atoms with Crippen LogP contribution in [0.15, 0.2) is 0 Å². The monoisotopic (exact) mass is 202 g/mol. The fraction of sp³-hybridized carbons (Fsp3) is 1.00. The van der Waals surface area contributed by atoms with Crippen LogP contribution in [0.4, 0.5) is 0 Å². The molecule has 0 radical (unpaired) electrons. The van der Waals surface area contributed by atoms with Crippen molar-refractivity contribution in [3.8, 4) is 0 Å². The van der Waals surface area contributed by atoms with Crippen LogP contribution in [-0.2, 0) is 0 Å². The van der Waals surface area contributed by atoms with Crippen LogP contribution >= 0.6 is 12.6 Å². The van der Waals surface area contributed by atoms with Crippen LogP contribution in [0.25, 0.3) is 0 Å². The summed E-state index contributed by atoms with van der Waals surface area (Å²) < 4.78 is 0. The molecule has 0 spiro atoms. The molecule has 0 aromatic heterocycles. The van der Waals surface area contributed by atoms with Crippen LogP contribution in [-0.4, -0.2) is 5.75 Å². The van der Waals surface area contributed by atoms with Crippen LogP contribution in [0.3, 0.4) is 0 Å². The van der Waals surface area contributed by atoms with Crippen molar-refractivity contribution >= 4 is 12.6 Å². The van der Waals surface area contributed by atoms with Gasteiger partial charge in [0.05, 0.1) is 0 Å². The van der Waals surface area contributed by atoms with Crippen molar-refractivity contribution in [3.63, 3.8) is 0 Å². The molecular formula is C12H26S. The highest BCUT2D eigenvalue weighted by Crippen LogP contribution is 2.20. The second kappa shape index (κ2) is 8.93. The molecule has 2 unspecified atom stereocenters. The van der Waals surface area contributed by atoms with Crippen molar-refractivity contribution in [1.29, 1.82) is 0 Å². The second-order valence-corrected chi connectivity index (χ2v) is 4.68. The van der Waals surface area contributed by atoms with Crippen molar-refractivity contribution in [2.75, 3.05) is 5.75 Å². The third-order valence-corrected chi connectivity index (χ3v) is 3.38. The Labute approximate surface area is 89.9 Å². The molecule has 0 amide bonds. The molecule has 2 atom stereocenters. The van der Waals surface area contributed by atoms with Gasteiger partial charge in [0.25, 0.3) is 0 Å². The summed E-state index contributed by atoms with van der Waals surface area (Å²) in [5.74, 6) is 2.91. The molecule has 13 heavy (non-hydrogen) atoms. The number of hydrogen-bond acceptors (Lipinski definition) is 1. The summed E-state index contributed by atoms with van der Waals surface area (Å²) in [6.45, 7) is 6.95. The third-order valence-electron chi connectivity index (χ3n) is 3.12. The summed E-state index contributed by atoms with van der Waals surface area (Å²) in [4.78, 5) is 0. The minimum Gasteiger partial charge on any atom is -0.179 e. The normalized spacial score (nSPS) is 15.7. The molecule has 0 bridgehead atoms. The molecular weight excluding hydrogens is 176 g/mol. The van der Waals surface area contributed by atoms with E-state index >= 15 is 0 Å². The van der Waals surface area contributed by atoms with Gasteiger partial charge in [-0.05, 0) is 24.0 Å². The zero-order chi connectivity index (χ0) is 10.1. The van der Waals surface area contributed by atoms with E-state index in [4.69, 9.17) is 0 Å². The Morgan fingerprint density at radius 3 is 2.15 bits per heavy atom. The zero-order valence-electron chi connectivity index (χ0n) is 9.55. The first-order valence-electron chi connectivity index (χ1n) is 5.85. The fourth-order valence-corrected chi connectivity index (χ4v) is 2.06. The van der Waals surface area contributed by atoms with E-state index in [1.807, 2.05) is 0 Å². The average molecular weight is 202 g/mol. The minimum absolute atomic E-state index is 0.925. The predicted octanol–water partition coefficient (Wildman–Crippen LogP) is 4.55.